The Morgan fingerprint density at radius 2 is 2.20 bits per heavy atom. The molecule has 0 saturated heterocycles. The van der Waals surface area contributed by atoms with E-state index >= 15 is 0 Å². The molecule has 2 heterocycles. The van der Waals surface area contributed by atoms with Gasteiger partial charge in [-0.3, -0.25) is 0 Å². The number of aromatic nitrogens is 2. The van der Waals surface area contributed by atoms with Crippen LogP contribution in [-0.4, -0.2) is 21.6 Å². The van der Waals surface area contributed by atoms with Gasteiger partial charge in [0.1, 0.15) is 28.8 Å². The maximum Gasteiger partial charge on any atom is 0.137 e. The van der Waals surface area contributed by atoms with Crippen molar-refractivity contribution >= 4 is 5.82 Å². The van der Waals surface area contributed by atoms with E-state index in [0.29, 0.717) is 18.2 Å². The van der Waals surface area contributed by atoms with Gasteiger partial charge in [0.25, 0.3) is 0 Å². The molecular formula is C15H19N3O2. The lowest BCUT2D eigenvalue weighted by Gasteiger charge is -2.21. The summed E-state index contributed by atoms with van der Waals surface area (Å²) >= 11 is 0. The van der Waals surface area contributed by atoms with Crippen LogP contribution in [0.25, 0.3) is 0 Å². The molecular weight excluding hydrogens is 254 g/mol. The van der Waals surface area contributed by atoms with Gasteiger partial charge in [-0.1, -0.05) is 0 Å². The highest BCUT2D eigenvalue weighted by Gasteiger charge is 2.28. The summed E-state index contributed by atoms with van der Waals surface area (Å²) < 4.78 is 5.49. The number of aryl methyl sites for hydroxylation is 1. The van der Waals surface area contributed by atoms with E-state index in [-0.39, 0.29) is 0 Å². The molecule has 0 bridgehead atoms. The van der Waals surface area contributed by atoms with Crippen LogP contribution in [0.1, 0.15) is 43.0 Å². The van der Waals surface area contributed by atoms with Gasteiger partial charge >= 0.3 is 0 Å². The fraction of sp³-hybridized carbons (Fsp3) is 0.467. The monoisotopic (exact) mass is 273 g/mol. The van der Waals surface area contributed by atoms with Gasteiger partial charge in [-0.15, -0.1) is 0 Å². The summed E-state index contributed by atoms with van der Waals surface area (Å²) in [6.07, 6.45) is 4.11. The molecule has 1 aliphatic carbocycles. The molecule has 1 unspecified atom stereocenters. The number of anilines is 1. The van der Waals surface area contributed by atoms with Crippen molar-refractivity contribution < 1.29 is 9.52 Å². The van der Waals surface area contributed by atoms with Gasteiger partial charge in [0.15, 0.2) is 0 Å². The summed E-state index contributed by atoms with van der Waals surface area (Å²) in [6.45, 7) is 3.92. The number of nitrogens with one attached hydrogen (secondary N) is 1. The zero-order chi connectivity index (χ0) is 14.2. The molecule has 1 saturated carbocycles. The van der Waals surface area contributed by atoms with E-state index in [4.69, 9.17) is 4.42 Å². The van der Waals surface area contributed by atoms with Gasteiger partial charge in [-0.05, 0) is 44.9 Å². The van der Waals surface area contributed by atoms with Crippen LogP contribution in [0, 0.1) is 6.92 Å². The topological polar surface area (TPSA) is 71.2 Å². The second kappa shape index (κ2) is 4.90. The normalized spacial score (nSPS) is 17.8. The Labute approximate surface area is 118 Å². The standard InChI is InChI=1S/C15H19N3O2/c1-10-3-6-12(20-10)15(2,19)9-17-13-7-8-16-14(18-13)11-4-5-11/h3,6-8,11,19H,4-5,9H2,1-2H3,(H,16,17,18). The third kappa shape index (κ3) is 2.82. The summed E-state index contributed by atoms with van der Waals surface area (Å²) in [5.74, 6) is 3.50. The van der Waals surface area contributed by atoms with Gasteiger partial charge in [-0.25, -0.2) is 9.97 Å². The molecule has 106 valence electrons. The second-order valence-electron chi connectivity index (χ2n) is 5.61. The Morgan fingerprint density at radius 1 is 1.40 bits per heavy atom. The third-order valence-corrected chi connectivity index (χ3v) is 3.50. The first-order valence-corrected chi connectivity index (χ1v) is 6.91. The van der Waals surface area contributed by atoms with Crippen molar-refractivity contribution in [2.75, 3.05) is 11.9 Å². The van der Waals surface area contributed by atoms with Crippen molar-refractivity contribution in [3.63, 3.8) is 0 Å². The minimum atomic E-state index is -1.07. The molecule has 0 radical (unpaired) electrons. The van der Waals surface area contributed by atoms with Crippen molar-refractivity contribution in [2.24, 2.45) is 0 Å². The molecule has 5 nitrogen and oxygen atoms in total. The molecule has 0 spiro atoms. The van der Waals surface area contributed by atoms with Gasteiger partial charge in [0, 0.05) is 12.1 Å². The minimum Gasteiger partial charge on any atom is -0.463 e. The van der Waals surface area contributed by atoms with Crippen LogP contribution in [0.3, 0.4) is 0 Å². The van der Waals surface area contributed by atoms with Crippen molar-refractivity contribution in [1.29, 1.82) is 0 Å². The predicted molar refractivity (Wildman–Crippen MR) is 75.5 cm³/mol. The van der Waals surface area contributed by atoms with Crippen LogP contribution < -0.4 is 5.32 Å². The van der Waals surface area contributed by atoms with Crippen LogP contribution in [0.2, 0.25) is 0 Å². The molecule has 2 N–H and O–H groups in total. The van der Waals surface area contributed by atoms with Gasteiger partial charge in [-0.2, -0.15) is 0 Å². The van der Waals surface area contributed by atoms with E-state index in [1.165, 1.54) is 12.8 Å². The average molecular weight is 273 g/mol. The van der Waals surface area contributed by atoms with Crippen molar-refractivity contribution in [3.8, 4) is 0 Å². The maximum absolute atomic E-state index is 10.5. The van der Waals surface area contributed by atoms with Crippen molar-refractivity contribution in [3.05, 3.63) is 41.7 Å². The van der Waals surface area contributed by atoms with E-state index in [0.717, 1.165) is 17.4 Å². The smallest absolute Gasteiger partial charge is 0.137 e. The van der Waals surface area contributed by atoms with Crippen LogP contribution in [0.15, 0.2) is 28.8 Å². The molecule has 0 aromatic carbocycles. The number of rotatable bonds is 5. The van der Waals surface area contributed by atoms with Crippen LogP contribution >= 0.6 is 0 Å². The first kappa shape index (κ1) is 13.1. The molecule has 3 rings (SSSR count). The highest BCUT2D eigenvalue weighted by Crippen LogP contribution is 2.38. The van der Waals surface area contributed by atoms with E-state index in [1.807, 2.05) is 19.1 Å². The predicted octanol–water partition coefficient (Wildman–Crippen LogP) is 2.58. The van der Waals surface area contributed by atoms with Crippen molar-refractivity contribution in [2.45, 2.75) is 38.2 Å². The molecule has 1 fully saturated rings. The Morgan fingerprint density at radius 3 is 2.85 bits per heavy atom. The van der Waals surface area contributed by atoms with Gasteiger partial charge < -0.3 is 14.8 Å². The summed E-state index contributed by atoms with van der Waals surface area (Å²) in [7, 11) is 0. The fourth-order valence-electron chi connectivity index (χ4n) is 2.08. The van der Waals surface area contributed by atoms with Crippen LogP contribution in [0.4, 0.5) is 5.82 Å². The van der Waals surface area contributed by atoms with Crippen molar-refractivity contribution in [1.82, 2.24) is 9.97 Å². The summed E-state index contributed by atoms with van der Waals surface area (Å²) in [6, 6.07) is 5.46. The number of hydrogen-bond acceptors (Lipinski definition) is 5. The third-order valence-electron chi connectivity index (χ3n) is 3.50. The average Bonchev–Trinajstić information content (AvgIpc) is 3.19. The zero-order valence-corrected chi connectivity index (χ0v) is 11.8. The molecule has 20 heavy (non-hydrogen) atoms. The largest absolute Gasteiger partial charge is 0.463 e. The highest BCUT2D eigenvalue weighted by molar-refractivity contribution is 5.35. The number of nitrogens with zero attached hydrogens (tertiary/aromatic N) is 2. The molecule has 2 aromatic rings. The summed E-state index contributed by atoms with van der Waals surface area (Å²) in [5, 5.41) is 13.6. The van der Waals surface area contributed by atoms with Crippen LogP contribution in [-0.2, 0) is 5.60 Å². The molecule has 5 heteroatoms. The van der Waals surface area contributed by atoms with Crippen LogP contribution in [0.5, 0.6) is 0 Å². The summed E-state index contributed by atoms with van der Waals surface area (Å²) in [5.41, 5.74) is -1.07. The lowest BCUT2D eigenvalue weighted by Crippen LogP contribution is -2.30. The molecule has 2 aromatic heterocycles. The van der Waals surface area contributed by atoms with E-state index in [9.17, 15) is 5.11 Å². The Bertz CT molecular complexity index is 603. The Hall–Kier alpha value is -1.88. The maximum atomic E-state index is 10.5. The SMILES string of the molecule is Cc1ccc(C(C)(O)CNc2ccnc(C3CC3)n2)o1. The number of hydrogen-bond donors (Lipinski definition) is 2. The highest BCUT2D eigenvalue weighted by atomic mass is 16.4. The van der Waals surface area contributed by atoms with E-state index in [1.54, 1.807) is 19.2 Å². The first-order chi connectivity index (χ1) is 9.54. The molecule has 0 amide bonds. The second-order valence-corrected chi connectivity index (χ2v) is 5.61. The van der Waals surface area contributed by atoms with Gasteiger partial charge in [0.2, 0.25) is 0 Å². The van der Waals surface area contributed by atoms with Gasteiger partial charge in [0.05, 0.1) is 6.54 Å². The number of furan rings is 1. The molecule has 0 aliphatic heterocycles. The molecule has 1 atom stereocenters. The fourth-order valence-corrected chi connectivity index (χ4v) is 2.08. The quantitative estimate of drug-likeness (QED) is 0.876. The lowest BCUT2D eigenvalue weighted by atomic mass is 10.0. The Kier molecular flexibility index (Phi) is 3.22. The van der Waals surface area contributed by atoms with E-state index in [2.05, 4.69) is 15.3 Å². The summed E-state index contributed by atoms with van der Waals surface area (Å²) in [4.78, 5) is 8.75. The van der Waals surface area contributed by atoms with E-state index < -0.39 is 5.60 Å². The lowest BCUT2D eigenvalue weighted by molar-refractivity contribution is 0.0467. The first-order valence-electron chi connectivity index (χ1n) is 6.91. The minimum absolute atomic E-state index is 0.334. The zero-order valence-electron chi connectivity index (χ0n) is 11.8. The Balaban J connectivity index is 1.67. The number of aliphatic hydroxyl groups is 1. The molecule has 1 aliphatic rings.